The first kappa shape index (κ1) is 10.2. The normalized spacial score (nSPS) is 9.27. The van der Waals surface area contributed by atoms with Crippen LogP contribution >= 0.6 is 0 Å². The van der Waals surface area contributed by atoms with Crippen LogP contribution in [0.3, 0.4) is 0 Å². The summed E-state index contributed by atoms with van der Waals surface area (Å²) in [6, 6.07) is 0. The molecule has 0 aromatic carbocycles. The van der Waals surface area contributed by atoms with Crippen LogP contribution in [0.5, 0.6) is 0 Å². The van der Waals surface area contributed by atoms with E-state index in [1.54, 1.807) is 18.0 Å². The lowest BCUT2D eigenvalue weighted by Crippen LogP contribution is -2.32. The topological polar surface area (TPSA) is 32.3 Å². The molecule has 0 bridgehead atoms. The van der Waals surface area contributed by atoms with E-state index < -0.39 is 0 Å². The van der Waals surface area contributed by atoms with Gasteiger partial charge in [-0.2, -0.15) is 0 Å². The average Bonchev–Trinajstić information content (AvgIpc) is 2.00. The van der Waals surface area contributed by atoms with Gasteiger partial charge in [-0.1, -0.05) is 6.08 Å². The average molecular weight is 156 g/mol. The number of amides is 1. The quantitative estimate of drug-likeness (QED) is 0.578. The molecule has 11 heavy (non-hydrogen) atoms. The van der Waals surface area contributed by atoms with E-state index in [0.717, 1.165) is 13.1 Å². The third-order valence-electron chi connectivity index (χ3n) is 1.44. The van der Waals surface area contributed by atoms with Crippen LogP contribution in [0.2, 0.25) is 0 Å². The highest BCUT2D eigenvalue weighted by Crippen LogP contribution is 1.89. The van der Waals surface area contributed by atoms with E-state index in [2.05, 4.69) is 11.9 Å². The van der Waals surface area contributed by atoms with Crippen molar-refractivity contribution in [1.82, 2.24) is 10.2 Å². The molecular weight excluding hydrogens is 140 g/mol. The fourth-order valence-electron chi connectivity index (χ4n) is 0.684. The second-order valence-corrected chi connectivity index (χ2v) is 2.41. The largest absolute Gasteiger partial charge is 0.344 e. The van der Waals surface area contributed by atoms with Crippen LogP contribution in [0.1, 0.15) is 6.42 Å². The third kappa shape index (κ3) is 4.56. The van der Waals surface area contributed by atoms with E-state index in [0.29, 0.717) is 6.42 Å². The minimum absolute atomic E-state index is 0.121. The van der Waals surface area contributed by atoms with Gasteiger partial charge in [0.05, 0.1) is 0 Å². The Morgan fingerprint density at radius 2 is 2.36 bits per heavy atom. The first-order valence-electron chi connectivity index (χ1n) is 3.71. The molecule has 0 unspecified atom stereocenters. The lowest BCUT2D eigenvalue weighted by Gasteiger charge is -2.15. The van der Waals surface area contributed by atoms with Gasteiger partial charge in [0.2, 0.25) is 5.91 Å². The van der Waals surface area contributed by atoms with Crippen LogP contribution in [0.4, 0.5) is 0 Å². The Morgan fingerprint density at radius 3 is 2.82 bits per heavy atom. The molecule has 0 aromatic rings. The smallest absolute Gasteiger partial charge is 0.226 e. The van der Waals surface area contributed by atoms with Crippen molar-refractivity contribution in [3.63, 3.8) is 0 Å². The van der Waals surface area contributed by atoms with Crippen molar-refractivity contribution in [3.8, 4) is 0 Å². The lowest BCUT2D eigenvalue weighted by molar-refractivity contribution is -0.128. The maximum Gasteiger partial charge on any atom is 0.226 e. The fraction of sp³-hybridized carbons (Fsp3) is 0.625. The minimum atomic E-state index is 0.121. The molecule has 1 amide bonds. The number of nitrogens with one attached hydrogen (secondary N) is 1. The molecule has 0 aliphatic rings. The van der Waals surface area contributed by atoms with Crippen molar-refractivity contribution in [2.24, 2.45) is 0 Å². The highest BCUT2D eigenvalue weighted by Gasteiger charge is 2.03. The zero-order valence-electron chi connectivity index (χ0n) is 7.26. The summed E-state index contributed by atoms with van der Waals surface area (Å²) in [6.45, 7) is 5.09. The maximum atomic E-state index is 11.1. The molecule has 0 aliphatic heterocycles. The summed E-state index contributed by atoms with van der Waals surface area (Å²) in [5, 5.41) is 2.98. The number of nitrogens with zero attached hydrogens (tertiary/aromatic N) is 1. The predicted octanol–water partition coefficient (Wildman–Crippen LogP) is 0.240. The molecule has 0 fully saturated rings. The zero-order valence-corrected chi connectivity index (χ0v) is 7.26. The van der Waals surface area contributed by atoms with Crippen molar-refractivity contribution in [2.45, 2.75) is 6.42 Å². The van der Waals surface area contributed by atoms with Gasteiger partial charge in [-0.15, -0.1) is 6.58 Å². The lowest BCUT2D eigenvalue weighted by atomic mass is 10.3. The highest BCUT2D eigenvalue weighted by atomic mass is 16.2. The van der Waals surface area contributed by atoms with Gasteiger partial charge in [-0.3, -0.25) is 4.79 Å². The molecule has 0 atom stereocenters. The van der Waals surface area contributed by atoms with Crippen molar-refractivity contribution in [1.29, 1.82) is 0 Å². The van der Waals surface area contributed by atoms with Gasteiger partial charge in [0.15, 0.2) is 0 Å². The second kappa shape index (κ2) is 5.92. The van der Waals surface area contributed by atoms with E-state index >= 15 is 0 Å². The molecule has 3 nitrogen and oxygen atoms in total. The zero-order chi connectivity index (χ0) is 8.69. The Morgan fingerprint density at radius 1 is 1.73 bits per heavy atom. The van der Waals surface area contributed by atoms with E-state index in [-0.39, 0.29) is 5.91 Å². The molecule has 0 saturated heterocycles. The SMILES string of the molecule is C=CCC(=O)N(C)CCNC. The number of hydrogen-bond acceptors (Lipinski definition) is 2. The Hall–Kier alpha value is -0.830. The fourth-order valence-corrected chi connectivity index (χ4v) is 0.684. The summed E-state index contributed by atoms with van der Waals surface area (Å²) in [4.78, 5) is 12.8. The van der Waals surface area contributed by atoms with Gasteiger partial charge in [0.1, 0.15) is 0 Å². The monoisotopic (exact) mass is 156 g/mol. The van der Waals surface area contributed by atoms with Crippen LogP contribution in [0.15, 0.2) is 12.7 Å². The van der Waals surface area contributed by atoms with Crippen molar-refractivity contribution >= 4 is 5.91 Å². The summed E-state index contributed by atoms with van der Waals surface area (Å²) in [6.07, 6.45) is 2.05. The van der Waals surface area contributed by atoms with Gasteiger partial charge >= 0.3 is 0 Å². The highest BCUT2D eigenvalue weighted by molar-refractivity contribution is 5.77. The van der Waals surface area contributed by atoms with E-state index in [4.69, 9.17) is 0 Å². The second-order valence-electron chi connectivity index (χ2n) is 2.41. The summed E-state index contributed by atoms with van der Waals surface area (Å²) in [7, 11) is 3.66. The Kier molecular flexibility index (Phi) is 5.47. The number of likely N-dealkylation sites (N-methyl/N-ethyl adjacent to an activating group) is 2. The molecule has 0 radical (unpaired) electrons. The molecular formula is C8H16N2O. The number of hydrogen-bond donors (Lipinski definition) is 1. The first-order chi connectivity index (χ1) is 5.22. The molecule has 0 spiro atoms. The van der Waals surface area contributed by atoms with Crippen LogP contribution < -0.4 is 5.32 Å². The first-order valence-corrected chi connectivity index (χ1v) is 3.71. The summed E-state index contributed by atoms with van der Waals surface area (Å²) >= 11 is 0. The number of carbonyl (C=O) groups is 1. The Balaban J connectivity index is 3.54. The molecule has 1 N–H and O–H groups in total. The molecule has 0 saturated carbocycles. The van der Waals surface area contributed by atoms with Gasteiger partial charge < -0.3 is 10.2 Å². The van der Waals surface area contributed by atoms with Crippen LogP contribution in [0, 0.1) is 0 Å². The predicted molar refractivity (Wildman–Crippen MR) is 46.4 cm³/mol. The number of rotatable bonds is 5. The summed E-state index contributed by atoms with van der Waals surface area (Å²) in [5.41, 5.74) is 0. The Labute approximate surface area is 68.1 Å². The van der Waals surface area contributed by atoms with E-state index in [1.807, 2.05) is 7.05 Å². The third-order valence-corrected chi connectivity index (χ3v) is 1.44. The van der Waals surface area contributed by atoms with Gasteiger partial charge in [-0.05, 0) is 7.05 Å². The van der Waals surface area contributed by atoms with Gasteiger partial charge in [0, 0.05) is 26.6 Å². The van der Waals surface area contributed by atoms with Crippen LogP contribution in [0.25, 0.3) is 0 Å². The summed E-state index contributed by atoms with van der Waals surface area (Å²) < 4.78 is 0. The van der Waals surface area contributed by atoms with E-state index in [9.17, 15) is 4.79 Å². The van der Waals surface area contributed by atoms with Crippen LogP contribution in [-0.4, -0.2) is 38.0 Å². The van der Waals surface area contributed by atoms with Crippen molar-refractivity contribution < 1.29 is 4.79 Å². The molecule has 64 valence electrons. The van der Waals surface area contributed by atoms with Crippen molar-refractivity contribution in [2.75, 3.05) is 27.2 Å². The molecule has 0 rings (SSSR count). The van der Waals surface area contributed by atoms with E-state index in [1.165, 1.54) is 0 Å². The van der Waals surface area contributed by atoms with Crippen molar-refractivity contribution in [3.05, 3.63) is 12.7 Å². The molecule has 0 aromatic heterocycles. The summed E-state index contributed by atoms with van der Waals surface area (Å²) in [5.74, 6) is 0.121. The van der Waals surface area contributed by atoms with Gasteiger partial charge in [0.25, 0.3) is 0 Å². The number of carbonyl (C=O) groups excluding carboxylic acids is 1. The molecule has 0 heterocycles. The minimum Gasteiger partial charge on any atom is -0.344 e. The standard InChI is InChI=1S/C8H16N2O/c1-4-5-8(11)10(3)7-6-9-2/h4,9H,1,5-7H2,2-3H3. The molecule has 0 aliphatic carbocycles. The molecule has 3 heteroatoms. The van der Waals surface area contributed by atoms with Gasteiger partial charge in [-0.25, -0.2) is 0 Å². The van der Waals surface area contributed by atoms with Crippen LogP contribution in [-0.2, 0) is 4.79 Å². The Bertz CT molecular complexity index is 134. The maximum absolute atomic E-state index is 11.1.